The van der Waals surface area contributed by atoms with Crippen molar-refractivity contribution in [3.8, 4) is 0 Å². The van der Waals surface area contributed by atoms with Gasteiger partial charge in [0.25, 0.3) is 0 Å². The lowest BCUT2D eigenvalue weighted by Crippen LogP contribution is -2.68. The summed E-state index contributed by atoms with van der Waals surface area (Å²) in [6.07, 6.45) is -1.49. The van der Waals surface area contributed by atoms with Crippen LogP contribution in [0.15, 0.2) is 48.7 Å². The van der Waals surface area contributed by atoms with E-state index in [4.69, 9.17) is 0 Å². The Bertz CT molecular complexity index is 935. The molecule has 30 heavy (non-hydrogen) atoms. The normalized spacial score (nSPS) is 22.2. The standard InChI is InChI=1S/C21H21F3N4O2/c22-21(23,24)15-6-3-5-14(11-15)12-27-17-8-4-10-26-18(17)19(29)28(20(27)30)13-16-7-1-2-9-25-16/h1-3,5-7,9,11,17-18,26H,4,8,10,12-13H2. The number of hydrogen-bond acceptors (Lipinski definition) is 4. The van der Waals surface area contributed by atoms with Gasteiger partial charge in [0, 0.05) is 12.7 Å². The Morgan fingerprint density at radius 3 is 2.67 bits per heavy atom. The molecule has 1 N–H and O–H groups in total. The molecule has 0 spiro atoms. The molecule has 0 bridgehead atoms. The Balaban J connectivity index is 1.63. The zero-order chi connectivity index (χ0) is 21.3. The van der Waals surface area contributed by atoms with Crippen molar-refractivity contribution in [1.29, 1.82) is 0 Å². The molecule has 6 nitrogen and oxygen atoms in total. The molecule has 1 aromatic heterocycles. The molecular weight excluding hydrogens is 397 g/mol. The fraction of sp³-hybridized carbons (Fsp3) is 0.381. The average Bonchev–Trinajstić information content (AvgIpc) is 2.74. The van der Waals surface area contributed by atoms with Gasteiger partial charge in [-0.3, -0.25) is 14.7 Å². The lowest BCUT2D eigenvalue weighted by Gasteiger charge is -2.47. The van der Waals surface area contributed by atoms with Crippen LogP contribution in [0.5, 0.6) is 0 Å². The second kappa shape index (κ2) is 8.06. The SMILES string of the molecule is O=C1C2NCCCC2N(Cc2cccc(C(F)(F)F)c2)C(=O)N1Cc1ccccn1. The molecule has 2 aromatic rings. The fourth-order valence-corrected chi connectivity index (χ4v) is 4.04. The molecule has 2 saturated heterocycles. The van der Waals surface area contributed by atoms with E-state index in [-0.39, 0.29) is 19.0 Å². The summed E-state index contributed by atoms with van der Waals surface area (Å²) in [7, 11) is 0. The molecule has 2 fully saturated rings. The molecule has 3 heterocycles. The third-order valence-corrected chi connectivity index (χ3v) is 5.49. The van der Waals surface area contributed by atoms with Crippen LogP contribution in [-0.2, 0) is 24.1 Å². The molecule has 2 aliphatic heterocycles. The van der Waals surface area contributed by atoms with Crippen LogP contribution >= 0.6 is 0 Å². The smallest absolute Gasteiger partial charge is 0.315 e. The van der Waals surface area contributed by atoms with Crippen molar-refractivity contribution in [2.75, 3.05) is 6.54 Å². The van der Waals surface area contributed by atoms with Gasteiger partial charge in [-0.2, -0.15) is 13.2 Å². The number of alkyl halides is 3. The molecule has 1 aromatic carbocycles. The first-order valence-corrected chi connectivity index (χ1v) is 9.76. The molecule has 0 saturated carbocycles. The number of halogens is 3. The van der Waals surface area contributed by atoms with Crippen LogP contribution in [0.25, 0.3) is 0 Å². The van der Waals surface area contributed by atoms with Crippen molar-refractivity contribution in [3.05, 3.63) is 65.5 Å². The lowest BCUT2D eigenvalue weighted by atomic mass is 9.93. The van der Waals surface area contributed by atoms with E-state index in [1.54, 1.807) is 30.5 Å². The molecule has 158 valence electrons. The van der Waals surface area contributed by atoms with Gasteiger partial charge < -0.3 is 10.2 Å². The predicted molar refractivity (Wildman–Crippen MR) is 102 cm³/mol. The van der Waals surface area contributed by atoms with E-state index in [2.05, 4.69) is 10.3 Å². The summed E-state index contributed by atoms with van der Waals surface area (Å²) < 4.78 is 39.3. The number of pyridine rings is 1. The van der Waals surface area contributed by atoms with Gasteiger partial charge in [-0.1, -0.05) is 18.2 Å². The molecule has 9 heteroatoms. The minimum absolute atomic E-state index is 0.00238. The number of amides is 3. The lowest BCUT2D eigenvalue weighted by molar-refractivity contribution is -0.138. The maximum Gasteiger partial charge on any atom is 0.416 e. The van der Waals surface area contributed by atoms with Gasteiger partial charge in [-0.25, -0.2) is 4.79 Å². The number of nitrogens with zero attached hydrogens (tertiary/aromatic N) is 3. The fourth-order valence-electron chi connectivity index (χ4n) is 4.04. The third kappa shape index (κ3) is 4.02. The first-order chi connectivity index (χ1) is 14.3. The second-order valence-electron chi connectivity index (χ2n) is 7.50. The van der Waals surface area contributed by atoms with E-state index >= 15 is 0 Å². The molecular formula is C21H21F3N4O2. The monoisotopic (exact) mass is 418 g/mol. The van der Waals surface area contributed by atoms with Crippen molar-refractivity contribution in [2.24, 2.45) is 0 Å². The number of benzene rings is 1. The second-order valence-corrected chi connectivity index (χ2v) is 7.50. The van der Waals surface area contributed by atoms with Crippen molar-refractivity contribution in [3.63, 3.8) is 0 Å². The highest BCUT2D eigenvalue weighted by Gasteiger charge is 2.47. The molecule has 2 atom stereocenters. The largest absolute Gasteiger partial charge is 0.416 e. The van der Waals surface area contributed by atoms with Crippen molar-refractivity contribution >= 4 is 11.9 Å². The Morgan fingerprint density at radius 1 is 1.10 bits per heavy atom. The van der Waals surface area contributed by atoms with E-state index in [0.29, 0.717) is 24.2 Å². The predicted octanol–water partition coefficient (Wildman–Crippen LogP) is 3.19. The van der Waals surface area contributed by atoms with E-state index in [0.717, 1.165) is 23.5 Å². The summed E-state index contributed by atoms with van der Waals surface area (Å²) in [5.74, 6) is -0.323. The quantitative estimate of drug-likeness (QED) is 0.828. The Hall–Kier alpha value is -2.94. The number of fused-ring (bicyclic) bond motifs is 1. The number of piperidine rings is 1. The number of aromatic nitrogens is 1. The highest BCUT2D eigenvalue weighted by Crippen LogP contribution is 2.31. The number of urea groups is 1. The average molecular weight is 418 g/mol. The Morgan fingerprint density at radius 2 is 1.93 bits per heavy atom. The molecule has 4 rings (SSSR count). The molecule has 2 unspecified atom stereocenters. The molecule has 0 aliphatic carbocycles. The minimum Gasteiger partial charge on any atom is -0.315 e. The summed E-state index contributed by atoms with van der Waals surface area (Å²) in [4.78, 5) is 33.1. The zero-order valence-corrected chi connectivity index (χ0v) is 16.1. The van der Waals surface area contributed by atoms with E-state index in [1.165, 1.54) is 11.0 Å². The van der Waals surface area contributed by atoms with Crippen LogP contribution in [0.2, 0.25) is 0 Å². The summed E-state index contributed by atoms with van der Waals surface area (Å²) in [6.45, 7) is 0.663. The van der Waals surface area contributed by atoms with Gasteiger partial charge in [-0.05, 0) is 49.2 Å². The van der Waals surface area contributed by atoms with Gasteiger partial charge >= 0.3 is 12.2 Å². The summed E-state index contributed by atoms with van der Waals surface area (Å²) in [5.41, 5.74) is 0.173. The van der Waals surface area contributed by atoms with E-state index in [9.17, 15) is 22.8 Å². The van der Waals surface area contributed by atoms with Gasteiger partial charge in [0.2, 0.25) is 5.91 Å². The number of hydrogen-bond donors (Lipinski definition) is 1. The van der Waals surface area contributed by atoms with E-state index < -0.39 is 29.9 Å². The Labute approximate surface area is 171 Å². The highest BCUT2D eigenvalue weighted by molar-refractivity contribution is 6.00. The van der Waals surface area contributed by atoms with Gasteiger partial charge in [0.15, 0.2) is 0 Å². The maximum absolute atomic E-state index is 13.2. The molecule has 3 amide bonds. The van der Waals surface area contributed by atoms with Crippen LogP contribution in [-0.4, -0.2) is 45.4 Å². The van der Waals surface area contributed by atoms with Gasteiger partial charge in [0.1, 0.15) is 6.04 Å². The number of imide groups is 1. The molecule has 0 radical (unpaired) electrons. The van der Waals surface area contributed by atoms with Crippen LogP contribution < -0.4 is 5.32 Å². The first kappa shape index (κ1) is 20.3. The number of nitrogens with one attached hydrogen (secondary N) is 1. The number of carbonyl (C=O) groups excluding carboxylic acids is 2. The van der Waals surface area contributed by atoms with Crippen molar-refractivity contribution < 1.29 is 22.8 Å². The Kier molecular flexibility index (Phi) is 5.46. The van der Waals surface area contributed by atoms with Gasteiger partial charge in [0.05, 0.1) is 23.8 Å². The zero-order valence-electron chi connectivity index (χ0n) is 16.1. The van der Waals surface area contributed by atoms with Crippen LogP contribution in [0.1, 0.15) is 29.7 Å². The van der Waals surface area contributed by atoms with Crippen LogP contribution in [0.4, 0.5) is 18.0 Å². The summed E-state index contributed by atoms with van der Waals surface area (Å²) in [5, 5.41) is 3.17. The first-order valence-electron chi connectivity index (χ1n) is 9.76. The third-order valence-electron chi connectivity index (χ3n) is 5.49. The van der Waals surface area contributed by atoms with Crippen LogP contribution in [0, 0.1) is 0 Å². The van der Waals surface area contributed by atoms with E-state index in [1.807, 2.05) is 0 Å². The minimum atomic E-state index is -4.46. The highest BCUT2D eigenvalue weighted by atomic mass is 19.4. The summed E-state index contributed by atoms with van der Waals surface area (Å²) in [6, 6.07) is 8.70. The van der Waals surface area contributed by atoms with Crippen LogP contribution in [0.3, 0.4) is 0 Å². The topological polar surface area (TPSA) is 65.5 Å². The maximum atomic E-state index is 13.2. The van der Waals surface area contributed by atoms with Crippen molar-refractivity contribution in [1.82, 2.24) is 20.1 Å². The number of rotatable bonds is 4. The van der Waals surface area contributed by atoms with Gasteiger partial charge in [-0.15, -0.1) is 0 Å². The van der Waals surface area contributed by atoms with Crippen molar-refractivity contribution in [2.45, 2.75) is 44.2 Å². The summed E-state index contributed by atoms with van der Waals surface area (Å²) >= 11 is 0. The number of carbonyl (C=O) groups is 2. The molecule has 2 aliphatic rings.